The molecule has 3 fully saturated rings. The third kappa shape index (κ3) is 3.85. The van der Waals surface area contributed by atoms with Crippen molar-refractivity contribution in [2.45, 2.75) is 85.4 Å². The average molecular weight is 483 g/mol. The standard InChI is InChI=1S/C25H38O7S/c1-16(26)30-15-23(4)9-7-10-24(5)18-8-11-22(3)12-13-25(18,21(22)32-33(6,28)29)20(14-19(23)24)31-17(2)27/h12-13,18-21H,7-11,14-15H2,1-6H3/t18-,19+,20-,21+,22+,23+,24-,25+/m0/s1. The van der Waals surface area contributed by atoms with Crippen LogP contribution in [0.5, 0.6) is 0 Å². The summed E-state index contributed by atoms with van der Waals surface area (Å²) >= 11 is 0. The second-order valence-electron chi connectivity index (χ2n) is 11.8. The molecule has 4 aliphatic carbocycles. The molecular weight excluding hydrogens is 444 g/mol. The van der Waals surface area contributed by atoms with Gasteiger partial charge in [-0.1, -0.05) is 39.3 Å². The van der Waals surface area contributed by atoms with Crippen molar-refractivity contribution in [1.29, 1.82) is 0 Å². The predicted molar refractivity (Wildman–Crippen MR) is 122 cm³/mol. The van der Waals surface area contributed by atoms with Crippen molar-refractivity contribution in [2.75, 3.05) is 12.9 Å². The maximum Gasteiger partial charge on any atom is 0.302 e. The lowest BCUT2D eigenvalue weighted by Gasteiger charge is -2.67. The van der Waals surface area contributed by atoms with Crippen LogP contribution in [-0.4, -0.2) is 45.4 Å². The van der Waals surface area contributed by atoms with E-state index < -0.39 is 33.2 Å². The third-order valence-corrected chi connectivity index (χ3v) is 10.0. The summed E-state index contributed by atoms with van der Waals surface area (Å²) in [5, 5.41) is 0. The summed E-state index contributed by atoms with van der Waals surface area (Å²) in [4.78, 5) is 23.9. The van der Waals surface area contributed by atoms with Gasteiger partial charge in [0, 0.05) is 24.7 Å². The number of fused-ring (bicyclic) bond motifs is 3. The van der Waals surface area contributed by atoms with Gasteiger partial charge in [0.2, 0.25) is 0 Å². The van der Waals surface area contributed by atoms with Gasteiger partial charge in [-0.25, -0.2) is 0 Å². The minimum Gasteiger partial charge on any atom is -0.465 e. The summed E-state index contributed by atoms with van der Waals surface area (Å²) in [5.74, 6) is -0.417. The Morgan fingerprint density at radius 2 is 1.70 bits per heavy atom. The van der Waals surface area contributed by atoms with Crippen LogP contribution in [0.1, 0.15) is 73.1 Å². The van der Waals surface area contributed by atoms with Crippen molar-refractivity contribution in [2.24, 2.45) is 33.5 Å². The van der Waals surface area contributed by atoms with Gasteiger partial charge >= 0.3 is 11.9 Å². The van der Waals surface area contributed by atoms with Crippen molar-refractivity contribution < 1.29 is 31.7 Å². The first-order chi connectivity index (χ1) is 15.2. The van der Waals surface area contributed by atoms with Crippen LogP contribution < -0.4 is 0 Å². The largest absolute Gasteiger partial charge is 0.465 e. The number of rotatable bonds is 5. The molecule has 4 aliphatic rings. The van der Waals surface area contributed by atoms with Crippen LogP contribution in [0.2, 0.25) is 0 Å². The monoisotopic (exact) mass is 482 g/mol. The van der Waals surface area contributed by atoms with E-state index in [1.165, 1.54) is 13.8 Å². The smallest absolute Gasteiger partial charge is 0.302 e. The highest BCUT2D eigenvalue weighted by Crippen LogP contribution is 2.72. The van der Waals surface area contributed by atoms with E-state index in [2.05, 4.69) is 32.9 Å². The van der Waals surface area contributed by atoms with Crippen molar-refractivity contribution in [1.82, 2.24) is 0 Å². The lowest BCUT2D eigenvalue weighted by molar-refractivity contribution is -0.237. The molecule has 2 bridgehead atoms. The molecule has 8 atom stereocenters. The SMILES string of the molecule is CC(=O)OC[C@@]1(C)CCC[C@]2(C)[C@@H]1C[C@H](OC(C)=O)[C@@]13C=C[C@@](C)(CC[C@@H]21)[C@H]3OS(C)(=O)=O. The number of hydrogen-bond acceptors (Lipinski definition) is 7. The molecule has 0 aromatic rings. The minimum atomic E-state index is -3.72. The van der Waals surface area contributed by atoms with Crippen LogP contribution in [0.4, 0.5) is 0 Å². The quantitative estimate of drug-likeness (QED) is 0.332. The summed E-state index contributed by atoms with van der Waals surface area (Å²) in [6, 6.07) is 0. The first-order valence-corrected chi connectivity index (χ1v) is 13.9. The van der Waals surface area contributed by atoms with Crippen molar-refractivity contribution >= 4 is 22.1 Å². The first kappa shape index (κ1) is 24.7. The summed E-state index contributed by atoms with van der Waals surface area (Å²) in [7, 11) is -3.72. The van der Waals surface area contributed by atoms with Gasteiger partial charge in [-0.05, 0) is 49.4 Å². The number of carbonyl (C=O) groups is 2. The van der Waals surface area contributed by atoms with Crippen molar-refractivity contribution in [3.63, 3.8) is 0 Å². The van der Waals surface area contributed by atoms with Crippen LogP contribution >= 0.6 is 0 Å². The van der Waals surface area contributed by atoms with E-state index in [1.807, 2.05) is 0 Å². The average Bonchev–Trinajstić information content (AvgIpc) is 2.83. The fourth-order valence-corrected chi connectivity index (χ4v) is 9.00. The van der Waals surface area contributed by atoms with E-state index in [9.17, 15) is 18.0 Å². The van der Waals surface area contributed by atoms with Gasteiger partial charge in [0.15, 0.2) is 0 Å². The second-order valence-corrected chi connectivity index (χ2v) is 13.4. The van der Waals surface area contributed by atoms with E-state index >= 15 is 0 Å². The van der Waals surface area contributed by atoms with Gasteiger partial charge in [0.1, 0.15) is 6.10 Å². The van der Waals surface area contributed by atoms with Crippen molar-refractivity contribution in [3.05, 3.63) is 12.2 Å². The van der Waals surface area contributed by atoms with E-state index in [0.29, 0.717) is 13.0 Å². The van der Waals surface area contributed by atoms with Gasteiger partial charge in [-0.15, -0.1) is 0 Å². The van der Waals surface area contributed by atoms with Crippen LogP contribution in [-0.2, 0) is 33.4 Å². The molecule has 8 heteroatoms. The minimum absolute atomic E-state index is 0.0867. The molecule has 0 N–H and O–H groups in total. The van der Waals surface area contributed by atoms with E-state index in [1.54, 1.807) is 0 Å². The Morgan fingerprint density at radius 3 is 2.30 bits per heavy atom. The van der Waals surface area contributed by atoms with Gasteiger partial charge < -0.3 is 9.47 Å². The lowest BCUT2D eigenvalue weighted by Crippen LogP contribution is -2.68. The molecule has 0 amide bonds. The van der Waals surface area contributed by atoms with Crippen molar-refractivity contribution in [3.8, 4) is 0 Å². The molecule has 7 nitrogen and oxygen atoms in total. The molecule has 0 saturated heterocycles. The lowest BCUT2D eigenvalue weighted by atomic mass is 9.39. The molecule has 33 heavy (non-hydrogen) atoms. The Kier molecular flexibility index (Phi) is 5.84. The van der Waals surface area contributed by atoms with Gasteiger partial charge in [-0.3, -0.25) is 13.8 Å². The Balaban J connectivity index is 1.83. The molecular formula is C25H38O7S. The molecule has 3 saturated carbocycles. The molecule has 0 heterocycles. The van der Waals surface area contributed by atoms with E-state index in [4.69, 9.17) is 13.7 Å². The fraction of sp³-hybridized carbons (Fsp3) is 0.840. The van der Waals surface area contributed by atoms with E-state index in [-0.39, 0.29) is 34.6 Å². The maximum absolute atomic E-state index is 12.4. The highest BCUT2D eigenvalue weighted by Gasteiger charge is 2.72. The molecule has 0 radical (unpaired) electrons. The predicted octanol–water partition coefficient (Wildman–Crippen LogP) is 4.01. The Hall–Kier alpha value is -1.41. The summed E-state index contributed by atoms with van der Waals surface area (Å²) < 4.78 is 42.1. The number of hydrogen-bond donors (Lipinski definition) is 0. The maximum atomic E-state index is 12.4. The van der Waals surface area contributed by atoms with Gasteiger partial charge in [0.05, 0.1) is 24.4 Å². The van der Waals surface area contributed by atoms with E-state index in [0.717, 1.165) is 38.4 Å². The van der Waals surface area contributed by atoms with Crippen LogP contribution in [0.3, 0.4) is 0 Å². The second kappa shape index (κ2) is 7.80. The summed E-state index contributed by atoms with van der Waals surface area (Å²) in [6.07, 6.45) is 9.46. The van der Waals surface area contributed by atoms with Gasteiger partial charge in [0.25, 0.3) is 10.1 Å². The zero-order valence-corrected chi connectivity index (χ0v) is 21.5. The first-order valence-electron chi connectivity index (χ1n) is 12.1. The fourth-order valence-electron chi connectivity index (χ4n) is 8.27. The van der Waals surface area contributed by atoms with Crippen LogP contribution in [0.15, 0.2) is 12.2 Å². The van der Waals surface area contributed by atoms with Crippen LogP contribution in [0.25, 0.3) is 0 Å². The third-order valence-electron chi connectivity index (χ3n) is 9.47. The number of esters is 2. The number of carbonyl (C=O) groups excluding carboxylic acids is 2. The van der Waals surface area contributed by atoms with Crippen LogP contribution in [0, 0.1) is 33.5 Å². The zero-order chi connectivity index (χ0) is 24.4. The highest BCUT2D eigenvalue weighted by molar-refractivity contribution is 7.86. The Morgan fingerprint density at radius 1 is 1.00 bits per heavy atom. The topological polar surface area (TPSA) is 96.0 Å². The normalized spacial score (nSPS) is 46.2. The Bertz CT molecular complexity index is 973. The zero-order valence-electron chi connectivity index (χ0n) is 20.7. The molecule has 0 aromatic heterocycles. The summed E-state index contributed by atoms with van der Waals surface area (Å²) in [6.45, 7) is 9.72. The molecule has 0 aromatic carbocycles. The molecule has 1 spiro atoms. The molecule has 0 aliphatic heterocycles. The molecule has 0 unspecified atom stereocenters. The molecule has 4 rings (SSSR count). The Labute approximate surface area is 197 Å². The summed E-state index contributed by atoms with van der Waals surface area (Å²) in [5.41, 5.74) is -1.50. The van der Waals surface area contributed by atoms with Gasteiger partial charge in [-0.2, -0.15) is 8.42 Å². The highest BCUT2D eigenvalue weighted by atomic mass is 32.2. The molecule has 186 valence electrons. The number of ether oxygens (including phenoxy) is 2.